The van der Waals surface area contributed by atoms with Crippen molar-refractivity contribution in [2.24, 2.45) is 0 Å². The number of thiophene rings is 1. The first-order valence-electron chi connectivity index (χ1n) is 9.89. The van der Waals surface area contributed by atoms with Crippen molar-refractivity contribution in [3.8, 4) is 9.88 Å². The molecule has 4 rings (SSSR count). The Kier molecular flexibility index (Phi) is 6.71. The Labute approximate surface area is 180 Å². The second-order valence-electron chi connectivity index (χ2n) is 7.47. The van der Waals surface area contributed by atoms with Gasteiger partial charge in [0.05, 0.1) is 17.0 Å². The Morgan fingerprint density at radius 2 is 1.93 bits per heavy atom. The number of piperazine rings is 1. The predicted molar refractivity (Wildman–Crippen MR) is 120 cm³/mol. The van der Waals surface area contributed by atoms with Gasteiger partial charge in [0.25, 0.3) is 0 Å². The molecule has 0 aliphatic carbocycles. The van der Waals surface area contributed by atoms with Crippen LogP contribution in [0, 0.1) is 0 Å². The molecule has 3 heterocycles. The van der Waals surface area contributed by atoms with Crippen LogP contribution in [-0.2, 0) is 24.3 Å². The standard InChI is InChI=1S/C22H26N4OS2/c1-25-7-9-26(10-8-25)15-18-5-2-4-17(12-18)14-23-21(27)13-19-16-29-22(24-19)20-6-3-11-28-20/h2-6,11-12,16H,7-10,13-15H2,1H3,(H,23,27). The molecule has 1 saturated heterocycles. The molecule has 0 bridgehead atoms. The molecule has 7 heteroatoms. The van der Waals surface area contributed by atoms with Crippen molar-refractivity contribution in [2.45, 2.75) is 19.5 Å². The van der Waals surface area contributed by atoms with E-state index in [2.05, 4.69) is 57.5 Å². The first-order valence-corrected chi connectivity index (χ1v) is 11.7. The van der Waals surface area contributed by atoms with E-state index in [1.807, 2.05) is 16.8 Å². The molecule has 1 aromatic carbocycles. The Balaban J connectivity index is 1.27. The summed E-state index contributed by atoms with van der Waals surface area (Å²) in [6.07, 6.45) is 0.322. The van der Waals surface area contributed by atoms with Crippen molar-refractivity contribution >= 4 is 28.6 Å². The highest BCUT2D eigenvalue weighted by atomic mass is 32.1. The lowest BCUT2D eigenvalue weighted by Crippen LogP contribution is -2.43. The van der Waals surface area contributed by atoms with Crippen LogP contribution in [0.5, 0.6) is 0 Å². The summed E-state index contributed by atoms with van der Waals surface area (Å²) in [6, 6.07) is 12.6. The van der Waals surface area contributed by atoms with E-state index in [9.17, 15) is 4.79 Å². The van der Waals surface area contributed by atoms with Gasteiger partial charge in [-0.2, -0.15) is 0 Å². The lowest BCUT2D eigenvalue weighted by molar-refractivity contribution is -0.120. The number of nitrogens with one attached hydrogen (secondary N) is 1. The Morgan fingerprint density at radius 1 is 1.10 bits per heavy atom. The number of aromatic nitrogens is 1. The van der Waals surface area contributed by atoms with Gasteiger partial charge in [0.15, 0.2) is 0 Å². The van der Waals surface area contributed by atoms with Gasteiger partial charge in [-0.05, 0) is 29.6 Å². The molecule has 0 atom stereocenters. The van der Waals surface area contributed by atoms with Gasteiger partial charge in [0.1, 0.15) is 5.01 Å². The second-order valence-corrected chi connectivity index (χ2v) is 9.28. The number of carbonyl (C=O) groups is 1. The lowest BCUT2D eigenvalue weighted by Gasteiger charge is -2.32. The summed E-state index contributed by atoms with van der Waals surface area (Å²) >= 11 is 3.26. The van der Waals surface area contributed by atoms with E-state index < -0.39 is 0 Å². The van der Waals surface area contributed by atoms with Gasteiger partial charge < -0.3 is 10.2 Å². The fourth-order valence-electron chi connectivity index (χ4n) is 3.43. The third-order valence-corrected chi connectivity index (χ3v) is 7.04. The van der Waals surface area contributed by atoms with Gasteiger partial charge in [0, 0.05) is 44.6 Å². The molecule has 2 aromatic heterocycles. The number of thiazole rings is 1. The van der Waals surface area contributed by atoms with Gasteiger partial charge in [-0.1, -0.05) is 30.3 Å². The van der Waals surface area contributed by atoms with Gasteiger partial charge >= 0.3 is 0 Å². The third kappa shape index (κ3) is 5.73. The predicted octanol–water partition coefficient (Wildman–Crippen LogP) is 3.48. The molecular formula is C22H26N4OS2. The first-order chi connectivity index (χ1) is 14.2. The van der Waals surface area contributed by atoms with E-state index in [1.165, 1.54) is 5.56 Å². The van der Waals surface area contributed by atoms with Crippen LogP contribution < -0.4 is 5.32 Å². The zero-order valence-electron chi connectivity index (χ0n) is 16.6. The number of rotatable bonds is 7. The third-order valence-electron chi connectivity index (χ3n) is 5.11. The number of hydrogen-bond donors (Lipinski definition) is 1. The molecule has 1 aliphatic heterocycles. The van der Waals surface area contributed by atoms with Crippen molar-refractivity contribution < 1.29 is 4.79 Å². The number of carbonyl (C=O) groups excluding carboxylic acids is 1. The lowest BCUT2D eigenvalue weighted by atomic mass is 10.1. The molecule has 0 radical (unpaired) electrons. The molecule has 0 unspecified atom stereocenters. The molecule has 0 saturated carbocycles. The summed E-state index contributed by atoms with van der Waals surface area (Å²) in [4.78, 5) is 23.0. The molecule has 3 aromatic rings. The maximum absolute atomic E-state index is 12.4. The second kappa shape index (κ2) is 9.63. The molecule has 1 amide bonds. The van der Waals surface area contributed by atoms with Crippen LogP contribution in [-0.4, -0.2) is 53.9 Å². The minimum atomic E-state index is 0.0116. The van der Waals surface area contributed by atoms with Crippen molar-refractivity contribution in [2.75, 3.05) is 33.2 Å². The zero-order chi connectivity index (χ0) is 20.1. The fraction of sp³-hybridized carbons (Fsp3) is 0.364. The Morgan fingerprint density at radius 3 is 2.72 bits per heavy atom. The molecule has 152 valence electrons. The van der Waals surface area contributed by atoms with E-state index in [0.29, 0.717) is 13.0 Å². The van der Waals surface area contributed by atoms with Crippen LogP contribution in [0.2, 0.25) is 0 Å². The van der Waals surface area contributed by atoms with Crippen LogP contribution in [0.3, 0.4) is 0 Å². The number of hydrogen-bond acceptors (Lipinski definition) is 6. The monoisotopic (exact) mass is 426 g/mol. The van der Waals surface area contributed by atoms with Gasteiger partial charge in [-0.25, -0.2) is 4.98 Å². The minimum Gasteiger partial charge on any atom is -0.352 e. The smallest absolute Gasteiger partial charge is 0.226 e. The highest BCUT2D eigenvalue weighted by Crippen LogP contribution is 2.27. The molecule has 5 nitrogen and oxygen atoms in total. The first kappa shape index (κ1) is 20.2. The van der Waals surface area contributed by atoms with Crippen molar-refractivity contribution in [1.29, 1.82) is 0 Å². The van der Waals surface area contributed by atoms with Crippen LogP contribution in [0.1, 0.15) is 16.8 Å². The maximum Gasteiger partial charge on any atom is 0.226 e. The quantitative estimate of drug-likeness (QED) is 0.628. The molecule has 1 aliphatic rings. The summed E-state index contributed by atoms with van der Waals surface area (Å²) in [6.45, 7) is 6.00. The normalized spacial score (nSPS) is 15.5. The van der Waals surface area contributed by atoms with Gasteiger partial charge in [-0.3, -0.25) is 9.69 Å². The molecule has 1 N–H and O–H groups in total. The van der Waals surface area contributed by atoms with Crippen LogP contribution in [0.4, 0.5) is 0 Å². The fourth-order valence-corrected chi connectivity index (χ4v) is 5.07. The summed E-state index contributed by atoms with van der Waals surface area (Å²) in [5, 5.41) is 8.04. The zero-order valence-corrected chi connectivity index (χ0v) is 18.3. The Hall–Kier alpha value is -2.06. The van der Waals surface area contributed by atoms with Gasteiger partial charge in [-0.15, -0.1) is 22.7 Å². The molecule has 0 spiro atoms. The van der Waals surface area contributed by atoms with Crippen molar-refractivity contribution in [3.05, 3.63) is 64.0 Å². The summed E-state index contributed by atoms with van der Waals surface area (Å²) in [5.41, 5.74) is 3.28. The van der Waals surface area contributed by atoms with Crippen LogP contribution in [0.15, 0.2) is 47.2 Å². The Bertz CT molecular complexity index is 930. The van der Waals surface area contributed by atoms with E-state index in [4.69, 9.17) is 0 Å². The SMILES string of the molecule is CN1CCN(Cc2cccc(CNC(=O)Cc3csc(-c4cccs4)n3)c2)CC1. The molecular weight excluding hydrogens is 400 g/mol. The number of benzene rings is 1. The highest BCUT2D eigenvalue weighted by molar-refractivity contribution is 7.20. The summed E-state index contributed by atoms with van der Waals surface area (Å²) < 4.78 is 0. The van der Waals surface area contributed by atoms with Crippen molar-refractivity contribution in [1.82, 2.24) is 20.1 Å². The number of nitrogens with zero attached hydrogens (tertiary/aromatic N) is 3. The topological polar surface area (TPSA) is 48.5 Å². The van der Waals surface area contributed by atoms with Crippen molar-refractivity contribution in [3.63, 3.8) is 0 Å². The van der Waals surface area contributed by atoms with E-state index in [-0.39, 0.29) is 5.91 Å². The van der Waals surface area contributed by atoms with Crippen LogP contribution in [0.25, 0.3) is 9.88 Å². The molecule has 29 heavy (non-hydrogen) atoms. The summed E-state index contributed by atoms with van der Waals surface area (Å²) in [7, 11) is 2.18. The average molecular weight is 427 g/mol. The number of amides is 1. The largest absolute Gasteiger partial charge is 0.352 e. The highest BCUT2D eigenvalue weighted by Gasteiger charge is 2.14. The average Bonchev–Trinajstić information content (AvgIpc) is 3.40. The van der Waals surface area contributed by atoms with E-state index in [0.717, 1.165) is 53.9 Å². The van der Waals surface area contributed by atoms with E-state index >= 15 is 0 Å². The van der Waals surface area contributed by atoms with E-state index in [1.54, 1.807) is 22.7 Å². The van der Waals surface area contributed by atoms with Gasteiger partial charge in [0.2, 0.25) is 5.91 Å². The van der Waals surface area contributed by atoms with Crippen LogP contribution >= 0.6 is 22.7 Å². The number of likely N-dealkylation sites (N-methyl/N-ethyl adjacent to an activating group) is 1. The summed E-state index contributed by atoms with van der Waals surface area (Å²) in [5.74, 6) is 0.0116. The molecule has 1 fully saturated rings. The minimum absolute atomic E-state index is 0.0116. The maximum atomic E-state index is 12.4.